The molecule has 144 valence electrons. The maximum absolute atomic E-state index is 12.2. The molecule has 6 nitrogen and oxygen atoms in total. The molecule has 3 aromatic rings. The number of carbonyl (C=O) groups excluding carboxylic acids is 2. The summed E-state index contributed by atoms with van der Waals surface area (Å²) in [6.07, 6.45) is 2.36. The summed E-state index contributed by atoms with van der Waals surface area (Å²) >= 11 is 0. The topological polar surface area (TPSA) is 84.2 Å². The Labute approximate surface area is 164 Å². The summed E-state index contributed by atoms with van der Waals surface area (Å²) in [4.78, 5) is 28.1. The second kappa shape index (κ2) is 8.99. The average molecular weight is 377 g/mol. The van der Waals surface area contributed by atoms with Crippen molar-refractivity contribution >= 4 is 23.2 Å². The lowest BCUT2D eigenvalue weighted by molar-refractivity contribution is -0.119. The van der Waals surface area contributed by atoms with Crippen molar-refractivity contribution in [3.63, 3.8) is 0 Å². The number of aryl methyl sites for hydroxylation is 1. The zero-order valence-electron chi connectivity index (χ0n) is 15.9. The number of amides is 2. The number of hydrogen-bond acceptors (Lipinski definition) is 4. The number of hydrogen-bond donors (Lipinski definition) is 2. The first-order chi connectivity index (χ1) is 13.5. The summed E-state index contributed by atoms with van der Waals surface area (Å²) in [6.45, 7) is 3.67. The van der Waals surface area contributed by atoms with Gasteiger partial charge in [-0.05, 0) is 24.3 Å². The Morgan fingerprint density at radius 3 is 2.25 bits per heavy atom. The van der Waals surface area contributed by atoms with E-state index in [9.17, 15) is 9.59 Å². The molecule has 0 spiro atoms. The Hall–Kier alpha value is -3.41. The fourth-order valence-corrected chi connectivity index (χ4v) is 2.53. The molecule has 2 aromatic carbocycles. The van der Waals surface area contributed by atoms with E-state index in [1.54, 1.807) is 30.5 Å². The first-order valence-corrected chi connectivity index (χ1v) is 9.22. The SMILES string of the molecule is CC(C)C(=O)Nc1ccc(NC(=O)CCc2ncc(-c3ccccc3)o2)cc1. The van der Waals surface area contributed by atoms with Gasteiger partial charge in [0.2, 0.25) is 11.8 Å². The number of benzene rings is 2. The molecule has 1 heterocycles. The zero-order chi connectivity index (χ0) is 19.9. The number of aromatic nitrogens is 1. The van der Waals surface area contributed by atoms with Gasteiger partial charge in [0, 0.05) is 35.7 Å². The van der Waals surface area contributed by atoms with E-state index in [4.69, 9.17) is 4.42 Å². The number of anilines is 2. The lowest BCUT2D eigenvalue weighted by Gasteiger charge is -2.09. The third kappa shape index (κ3) is 5.30. The molecule has 0 aliphatic heterocycles. The first kappa shape index (κ1) is 19.4. The van der Waals surface area contributed by atoms with E-state index in [-0.39, 0.29) is 24.2 Å². The molecule has 0 fully saturated rings. The van der Waals surface area contributed by atoms with Crippen LogP contribution in [0.2, 0.25) is 0 Å². The van der Waals surface area contributed by atoms with Crippen LogP contribution in [-0.4, -0.2) is 16.8 Å². The van der Waals surface area contributed by atoms with Crippen molar-refractivity contribution in [2.24, 2.45) is 5.92 Å². The summed E-state index contributed by atoms with van der Waals surface area (Å²) in [5, 5.41) is 5.64. The van der Waals surface area contributed by atoms with E-state index in [1.165, 1.54) is 0 Å². The number of rotatable bonds is 7. The van der Waals surface area contributed by atoms with Crippen molar-refractivity contribution in [2.45, 2.75) is 26.7 Å². The van der Waals surface area contributed by atoms with Crippen LogP contribution in [0, 0.1) is 5.92 Å². The number of carbonyl (C=O) groups is 2. The Kier molecular flexibility index (Phi) is 6.22. The van der Waals surface area contributed by atoms with Gasteiger partial charge in [-0.3, -0.25) is 9.59 Å². The Morgan fingerprint density at radius 2 is 1.61 bits per heavy atom. The highest BCUT2D eigenvalue weighted by molar-refractivity contribution is 5.93. The van der Waals surface area contributed by atoms with Crippen LogP contribution in [0.15, 0.2) is 65.2 Å². The minimum atomic E-state index is -0.126. The molecule has 0 aliphatic carbocycles. The van der Waals surface area contributed by atoms with Crippen LogP contribution >= 0.6 is 0 Å². The van der Waals surface area contributed by atoms with E-state index in [0.717, 1.165) is 5.56 Å². The molecule has 2 amide bonds. The summed E-state index contributed by atoms with van der Waals surface area (Å²) in [6, 6.07) is 16.7. The van der Waals surface area contributed by atoms with Crippen LogP contribution in [0.25, 0.3) is 11.3 Å². The molecule has 6 heteroatoms. The summed E-state index contributed by atoms with van der Waals surface area (Å²) in [5.41, 5.74) is 2.32. The molecule has 3 rings (SSSR count). The van der Waals surface area contributed by atoms with Crippen LogP contribution in [0.3, 0.4) is 0 Å². The largest absolute Gasteiger partial charge is 0.441 e. The monoisotopic (exact) mass is 377 g/mol. The molecular formula is C22H23N3O3. The molecule has 0 aliphatic rings. The van der Waals surface area contributed by atoms with Crippen molar-refractivity contribution < 1.29 is 14.0 Å². The fourth-order valence-electron chi connectivity index (χ4n) is 2.53. The number of nitrogens with one attached hydrogen (secondary N) is 2. The first-order valence-electron chi connectivity index (χ1n) is 9.22. The number of oxazole rings is 1. The van der Waals surface area contributed by atoms with Crippen LogP contribution in [0.4, 0.5) is 11.4 Å². The predicted molar refractivity (Wildman–Crippen MR) is 109 cm³/mol. The lowest BCUT2D eigenvalue weighted by Crippen LogP contribution is -2.17. The van der Waals surface area contributed by atoms with Gasteiger partial charge in [-0.2, -0.15) is 0 Å². The maximum atomic E-state index is 12.2. The molecule has 0 bridgehead atoms. The van der Waals surface area contributed by atoms with Crippen molar-refractivity contribution in [3.8, 4) is 11.3 Å². The normalized spacial score (nSPS) is 10.7. The minimum absolute atomic E-state index is 0.0439. The fraction of sp³-hybridized carbons (Fsp3) is 0.227. The van der Waals surface area contributed by atoms with Gasteiger partial charge in [0.05, 0.1) is 6.20 Å². The summed E-state index contributed by atoms with van der Waals surface area (Å²) < 4.78 is 5.71. The van der Waals surface area contributed by atoms with Gasteiger partial charge in [-0.15, -0.1) is 0 Å². The second-order valence-corrected chi connectivity index (χ2v) is 6.75. The smallest absolute Gasteiger partial charge is 0.226 e. The van der Waals surface area contributed by atoms with Gasteiger partial charge >= 0.3 is 0 Å². The van der Waals surface area contributed by atoms with Gasteiger partial charge in [0.15, 0.2) is 11.7 Å². The average Bonchev–Trinajstić information content (AvgIpc) is 3.17. The lowest BCUT2D eigenvalue weighted by atomic mass is 10.2. The van der Waals surface area contributed by atoms with Gasteiger partial charge in [-0.1, -0.05) is 44.2 Å². The second-order valence-electron chi connectivity index (χ2n) is 6.75. The van der Waals surface area contributed by atoms with Crippen molar-refractivity contribution in [3.05, 3.63) is 66.7 Å². The number of nitrogens with zero attached hydrogens (tertiary/aromatic N) is 1. The molecule has 2 N–H and O–H groups in total. The van der Waals surface area contributed by atoms with Gasteiger partial charge in [0.25, 0.3) is 0 Å². The van der Waals surface area contributed by atoms with Crippen molar-refractivity contribution in [2.75, 3.05) is 10.6 Å². The van der Waals surface area contributed by atoms with E-state index < -0.39 is 0 Å². The highest BCUT2D eigenvalue weighted by atomic mass is 16.4. The van der Waals surface area contributed by atoms with Gasteiger partial charge < -0.3 is 15.1 Å². The van der Waals surface area contributed by atoms with E-state index in [0.29, 0.717) is 29.4 Å². The molecule has 28 heavy (non-hydrogen) atoms. The van der Waals surface area contributed by atoms with Gasteiger partial charge in [0.1, 0.15) is 0 Å². The van der Waals surface area contributed by atoms with Crippen molar-refractivity contribution in [1.82, 2.24) is 4.98 Å². The van der Waals surface area contributed by atoms with Crippen LogP contribution in [0.5, 0.6) is 0 Å². The molecule has 0 atom stereocenters. The summed E-state index contributed by atoms with van der Waals surface area (Å²) in [7, 11) is 0. The van der Waals surface area contributed by atoms with Crippen LogP contribution < -0.4 is 10.6 Å². The molecule has 0 radical (unpaired) electrons. The Bertz CT molecular complexity index is 931. The standard InChI is InChI=1S/C22H23N3O3/c1-15(2)22(27)25-18-10-8-17(9-11-18)24-20(26)12-13-21-23-14-19(28-21)16-6-4-3-5-7-16/h3-11,14-15H,12-13H2,1-2H3,(H,24,26)(H,25,27). The maximum Gasteiger partial charge on any atom is 0.226 e. The van der Waals surface area contributed by atoms with E-state index >= 15 is 0 Å². The molecule has 1 aromatic heterocycles. The minimum Gasteiger partial charge on any atom is -0.441 e. The molecular weight excluding hydrogens is 354 g/mol. The Balaban J connectivity index is 1.49. The van der Waals surface area contributed by atoms with E-state index in [2.05, 4.69) is 15.6 Å². The molecule has 0 unspecified atom stereocenters. The van der Waals surface area contributed by atoms with E-state index in [1.807, 2.05) is 44.2 Å². The van der Waals surface area contributed by atoms with Gasteiger partial charge in [-0.25, -0.2) is 4.98 Å². The summed E-state index contributed by atoms with van der Waals surface area (Å²) in [5.74, 6) is 0.962. The Morgan fingerprint density at radius 1 is 0.964 bits per heavy atom. The third-order valence-electron chi connectivity index (χ3n) is 4.14. The molecule has 0 saturated heterocycles. The quantitative estimate of drug-likeness (QED) is 0.635. The van der Waals surface area contributed by atoms with Crippen molar-refractivity contribution in [1.29, 1.82) is 0 Å². The highest BCUT2D eigenvalue weighted by Crippen LogP contribution is 2.20. The highest BCUT2D eigenvalue weighted by Gasteiger charge is 2.10. The van der Waals surface area contributed by atoms with Crippen LogP contribution in [-0.2, 0) is 16.0 Å². The zero-order valence-corrected chi connectivity index (χ0v) is 15.9. The third-order valence-corrected chi connectivity index (χ3v) is 4.14. The van der Waals surface area contributed by atoms with Crippen LogP contribution in [0.1, 0.15) is 26.2 Å². The predicted octanol–water partition coefficient (Wildman–Crippen LogP) is 4.51. The molecule has 0 saturated carbocycles.